The van der Waals surface area contributed by atoms with Crippen LogP contribution in [0.5, 0.6) is 0 Å². The van der Waals surface area contributed by atoms with E-state index in [2.05, 4.69) is 0 Å². The van der Waals surface area contributed by atoms with Crippen LogP contribution in [0.3, 0.4) is 0 Å². The normalized spacial score (nSPS) is 14.6. The molecular formula is C10H9N3O4. The van der Waals surface area contributed by atoms with E-state index in [0.717, 1.165) is 10.8 Å². The van der Waals surface area contributed by atoms with E-state index in [4.69, 9.17) is 5.73 Å². The molecule has 2 N–H and O–H groups in total. The fraction of sp³-hybridized carbons (Fsp3) is 0.200. The van der Waals surface area contributed by atoms with Gasteiger partial charge in [-0.15, -0.1) is 4.68 Å². The Kier molecular flexibility index (Phi) is 2.13. The molecule has 1 aliphatic carbocycles. The van der Waals surface area contributed by atoms with Gasteiger partial charge >= 0.3 is 11.6 Å². The summed E-state index contributed by atoms with van der Waals surface area (Å²) >= 11 is 0. The van der Waals surface area contributed by atoms with Gasteiger partial charge in [-0.2, -0.15) is 0 Å². The van der Waals surface area contributed by atoms with Crippen molar-refractivity contribution >= 4 is 17.5 Å². The quantitative estimate of drug-likeness (QED) is 0.501. The van der Waals surface area contributed by atoms with E-state index in [1.165, 1.54) is 14.0 Å². The molecule has 17 heavy (non-hydrogen) atoms. The van der Waals surface area contributed by atoms with E-state index in [1.807, 2.05) is 0 Å². The number of carbonyl (C=O) groups excluding carboxylic acids is 3. The van der Waals surface area contributed by atoms with Gasteiger partial charge in [0.25, 0.3) is 0 Å². The molecule has 0 bridgehead atoms. The summed E-state index contributed by atoms with van der Waals surface area (Å²) in [4.78, 5) is 34.9. The van der Waals surface area contributed by atoms with Gasteiger partial charge in [0.1, 0.15) is 5.56 Å². The molecule has 0 fully saturated rings. The Morgan fingerprint density at radius 3 is 2.59 bits per heavy atom. The number of Topliss-reactive ketones (excluding diaryl/α,β-unsaturated/α-hetero) is 1. The average Bonchev–Trinajstić information content (AvgIpc) is 2.49. The summed E-state index contributed by atoms with van der Waals surface area (Å²) < 4.78 is 0.901. The predicted octanol–water partition coefficient (Wildman–Crippen LogP) is -0.917. The zero-order valence-corrected chi connectivity index (χ0v) is 9.18. The minimum absolute atomic E-state index is 0.107. The molecular weight excluding hydrogens is 226 g/mol. The van der Waals surface area contributed by atoms with Gasteiger partial charge in [0.2, 0.25) is 5.78 Å². The smallest absolute Gasteiger partial charge is 0.320 e. The Labute approximate surface area is 95.7 Å². The molecule has 7 nitrogen and oxygen atoms in total. The lowest BCUT2D eigenvalue weighted by atomic mass is 9.93. The van der Waals surface area contributed by atoms with Gasteiger partial charge in [-0.1, -0.05) is 4.85 Å². The zero-order chi connectivity index (χ0) is 12.9. The highest BCUT2D eigenvalue weighted by Gasteiger charge is 2.39. The molecule has 0 spiro atoms. The summed E-state index contributed by atoms with van der Waals surface area (Å²) in [6.45, 7) is 1.44. The molecule has 2 rings (SSSR count). The Hall–Kier alpha value is -2.44. The molecule has 0 atom stereocenters. The Bertz CT molecular complexity index is 610. The molecule has 1 heterocycles. The van der Waals surface area contributed by atoms with Gasteiger partial charge in [-0.25, -0.2) is 0 Å². The lowest BCUT2D eigenvalue weighted by Crippen LogP contribution is -2.43. The third-order valence-electron chi connectivity index (χ3n) is 2.66. The molecule has 1 aromatic rings. The summed E-state index contributed by atoms with van der Waals surface area (Å²) in [5.74, 6) is -2.05. The SMILES string of the molecule is CC1=CC(=O)c2c(c(C(N)=O)[n+]([O-])n2C)C1=O. The summed E-state index contributed by atoms with van der Waals surface area (Å²) in [5, 5.41) is 11.6. The second kappa shape index (κ2) is 3.27. The number of hydrogen-bond donors (Lipinski definition) is 1. The average molecular weight is 235 g/mol. The number of rotatable bonds is 1. The fourth-order valence-electron chi connectivity index (χ4n) is 1.85. The molecule has 0 unspecified atom stereocenters. The highest BCUT2D eigenvalue weighted by Crippen LogP contribution is 2.22. The third-order valence-corrected chi connectivity index (χ3v) is 2.66. The van der Waals surface area contributed by atoms with Crippen LogP contribution in [0.25, 0.3) is 0 Å². The van der Waals surface area contributed by atoms with Crippen LogP contribution < -0.4 is 10.6 Å². The second-order valence-electron chi connectivity index (χ2n) is 3.75. The molecule has 0 aromatic carbocycles. The largest absolute Gasteiger partial charge is 0.595 e. The Balaban J connectivity index is 2.88. The molecule has 0 radical (unpaired) electrons. The van der Waals surface area contributed by atoms with Crippen LogP contribution in [-0.2, 0) is 7.05 Å². The number of hydrogen-bond acceptors (Lipinski definition) is 4. The highest BCUT2D eigenvalue weighted by molar-refractivity contribution is 6.26. The van der Waals surface area contributed by atoms with Gasteiger partial charge in [-0.3, -0.25) is 14.4 Å². The lowest BCUT2D eigenvalue weighted by molar-refractivity contribution is -0.693. The van der Waals surface area contributed by atoms with E-state index in [1.54, 1.807) is 0 Å². The van der Waals surface area contributed by atoms with Crippen molar-refractivity contribution in [3.05, 3.63) is 33.8 Å². The van der Waals surface area contributed by atoms with E-state index in [9.17, 15) is 19.6 Å². The molecule has 7 heteroatoms. The number of amides is 1. The second-order valence-corrected chi connectivity index (χ2v) is 3.75. The van der Waals surface area contributed by atoms with Gasteiger partial charge < -0.3 is 10.9 Å². The molecule has 88 valence electrons. The zero-order valence-electron chi connectivity index (χ0n) is 9.18. The maximum atomic E-state index is 11.9. The first-order chi connectivity index (χ1) is 7.86. The predicted molar refractivity (Wildman–Crippen MR) is 55.3 cm³/mol. The van der Waals surface area contributed by atoms with Gasteiger partial charge in [0.05, 0.1) is 7.05 Å². The molecule has 0 aliphatic heterocycles. The minimum Gasteiger partial charge on any atom is -0.595 e. The Morgan fingerprint density at radius 1 is 1.47 bits per heavy atom. The summed E-state index contributed by atoms with van der Waals surface area (Å²) in [7, 11) is 1.29. The molecule has 1 amide bonds. The molecule has 0 saturated carbocycles. The van der Waals surface area contributed by atoms with Crippen LogP contribution in [0.4, 0.5) is 0 Å². The van der Waals surface area contributed by atoms with Crippen molar-refractivity contribution in [1.29, 1.82) is 0 Å². The standard InChI is InChI=1S/C10H9N3O4/c1-4-3-5(14)7-6(9(4)15)8(10(11)16)13(17)12(7)2/h3H,1-2H3,(H2,11,16). The van der Waals surface area contributed by atoms with Crippen molar-refractivity contribution in [2.75, 3.05) is 0 Å². The number of allylic oxidation sites excluding steroid dienone is 2. The highest BCUT2D eigenvalue weighted by atomic mass is 16.5. The Morgan fingerprint density at radius 2 is 2.06 bits per heavy atom. The molecule has 0 saturated heterocycles. The lowest BCUT2D eigenvalue weighted by Gasteiger charge is -2.06. The van der Waals surface area contributed by atoms with E-state index in [0.29, 0.717) is 0 Å². The van der Waals surface area contributed by atoms with Crippen molar-refractivity contribution < 1.29 is 19.2 Å². The van der Waals surface area contributed by atoms with Crippen LogP contribution in [0.2, 0.25) is 0 Å². The first-order valence-electron chi connectivity index (χ1n) is 4.76. The summed E-state index contributed by atoms with van der Waals surface area (Å²) in [5.41, 5.74) is 4.42. The number of primary amides is 1. The number of nitrogens with two attached hydrogens (primary N) is 1. The first-order valence-corrected chi connectivity index (χ1v) is 4.76. The monoisotopic (exact) mass is 235 g/mol. The first kappa shape index (κ1) is 11.1. The van der Waals surface area contributed by atoms with Crippen molar-refractivity contribution in [3.8, 4) is 0 Å². The van der Waals surface area contributed by atoms with Crippen molar-refractivity contribution in [2.24, 2.45) is 12.8 Å². The maximum Gasteiger partial charge on any atom is 0.320 e. The summed E-state index contributed by atoms with van der Waals surface area (Å²) in [6.07, 6.45) is 1.13. The van der Waals surface area contributed by atoms with Gasteiger partial charge in [-0.05, 0) is 13.0 Å². The van der Waals surface area contributed by atoms with E-state index in [-0.39, 0.29) is 21.7 Å². The van der Waals surface area contributed by atoms with Crippen LogP contribution in [0, 0.1) is 5.21 Å². The minimum atomic E-state index is -1.03. The number of ketones is 2. The van der Waals surface area contributed by atoms with E-state index < -0.39 is 23.2 Å². The number of carbonyl (C=O) groups is 3. The van der Waals surface area contributed by atoms with Crippen molar-refractivity contribution in [3.63, 3.8) is 0 Å². The van der Waals surface area contributed by atoms with Crippen LogP contribution >= 0.6 is 0 Å². The number of fused-ring (bicyclic) bond motifs is 1. The molecule has 1 aliphatic rings. The van der Waals surface area contributed by atoms with Gasteiger partial charge in [0.15, 0.2) is 11.5 Å². The van der Waals surface area contributed by atoms with Crippen LogP contribution in [0.1, 0.15) is 38.3 Å². The van der Waals surface area contributed by atoms with Crippen molar-refractivity contribution in [1.82, 2.24) is 4.68 Å². The van der Waals surface area contributed by atoms with Crippen LogP contribution in [0.15, 0.2) is 11.6 Å². The fourth-order valence-corrected chi connectivity index (χ4v) is 1.85. The van der Waals surface area contributed by atoms with Crippen LogP contribution in [-0.4, -0.2) is 22.2 Å². The van der Waals surface area contributed by atoms with Crippen molar-refractivity contribution in [2.45, 2.75) is 6.92 Å². The number of nitrogens with zero attached hydrogens (tertiary/aromatic N) is 2. The number of aromatic nitrogens is 2. The molecule has 1 aromatic heterocycles. The van der Waals surface area contributed by atoms with Gasteiger partial charge in [0, 0.05) is 5.57 Å². The topological polar surface area (TPSA) is 109 Å². The van der Waals surface area contributed by atoms with E-state index >= 15 is 0 Å². The summed E-state index contributed by atoms with van der Waals surface area (Å²) in [6, 6.07) is 0. The third kappa shape index (κ3) is 1.28. The maximum absolute atomic E-state index is 11.9.